The SMILES string of the molecule is NC1CSCc2c1ccc(F)c2Cl. The third-order valence-electron chi connectivity index (χ3n) is 2.18. The van der Waals surface area contributed by atoms with E-state index in [2.05, 4.69) is 0 Å². The summed E-state index contributed by atoms with van der Waals surface area (Å²) in [6.45, 7) is 0. The topological polar surface area (TPSA) is 26.0 Å². The Labute approximate surface area is 85.5 Å². The largest absolute Gasteiger partial charge is 0.323 e. The monoisotopic (exact) mass is 217 g/mol. The first-order chi connectivity index (χ1) is 6.20. The summed E-state index contributed by atoms with van der Waals surface area (Å²) in [7, 11) is 0. The Balaban J connectivity index is 2.56. The van der Waals surface area contributed by atoms with Crippen molar-refractivity contribution in [3.05, 3.63) is 34.1 Å². The molecule has 0 aromatic heterocycles. The molecule has 1 aliphatic rings. The van der Waals surface area contributed by atoms with E-state index in [9.17, 15) is 4.39 Å². The second-order valence-electron chi connectivity index (χ2n) is 3.05. The van der Waals surface area contributed by atoms with Gasteiger partial charge in [-0.3, -0.25) is 0 Å². The highest BCUT2D eigenvalue weighted by molar-refractivity contribution is 7.98. The van der Waals surface area contributed by atoms with Gasteiger partial charge in [-0.15, -0.1) is 0 Å². The van der Waals surface area contributed by atoms with Crippen molar-refractivity contribution in [3.8, 4) is 0 Å². The minimum atomic E-state index is -0.352. The molecular weight excluding hydrogens is 209 g/mol. The van der Waals surface area contributed by atoms with E-state index >= 15 is 0 Å². The molecule has 1 nitrogen and oxygen atoms in total. The summed E-state index contributed by atoms with van der Waals surface area (Å²) in [5.74, 6) is 1.30. The molecule has 0 saturated carbocycles. The average Bonchev–Trinajstić information content (AvgIpc) is 2.12. The summed E-state index contributed by atoms with van der Waals surface area (Å²) in [6, 6.07) is 3.12. The molecule has 4 heteroatoms. The van der Waals surface area contributed by atoms with E-state index in [0.717, 1.165) is 22.6 Å². The molecule has 2 N–H and O–H groups in total. The zero-order valence-corrected chi connectivity index (χ0v) is 8.46. The Morgan fingerprint density at radius 2 is 2.31 bits per heavy atom. The zero-order chi connectivity index (χ0) is 9.42. The Kier molecular flexibility index (Phi) is 2.49. The third-order valence-corrected chi connectivity index (χ3v) is 3.67. The van der Waals surface area contributed by atoms with Gasteiger partial charge in [-0.05, 0) is 17.2 Å². The molecule has 1 aromatic carbocycles. The van der Waals surface area contributed by atoms with E-state index in [0.29, 0.717) is 0 Å². The molecule has 1 atom stereocenters. The quantitative estimate of drug-likeness (QED) is 0.723. The fourth-order valence-corrected chi connectivity index (χ4v) is 2.86. The number of benzene rings is 1. The second kappa shape index (κ2) is 3.48. The smallest absolute Gasteiger partial charge is 0.142 e. The maximum Gasteiger partial charge on any atom is 0.142 e. The van der Waals surface area contributed by atoms with E-state index in [-0.39, 0.29) is 16.9 Å². The predicted octanol–water partition coefficient (Wildman–Crippen LogP) is 2.73. The van der Waals surface area contributed by atoms with Crippen LogP contribution in [-0.4, -0.2) is 5.75 Å². The first-order valence-electron chi connectivity index (χ1n) is 4.00. The second-order valence-corrected chi connectivity index (χ2v) is 4.46. The van der Waals surface area contributed by atoms with Gasteiger partial charge in [0.1, 0.15) is 5.82 Å². The maximum absolute atomic E-state index is 13.1. The predicted molar refractivity (Wildman–Crippen MR) is 54.5 cm³/mol. The Bertz CT molecular complexity index is 343. The Hall–Kier alpha value is -0.250. The van der Waals surface area contributed by atoms with E-state index in [1.54, 1.807) is 17.8 Å². The van der Waals surface area contributed by atoms with Crippen molar-refractivity contribution in [2.45, 2.75) is 11.8 Å². The van der Waals surface area contributed by atoms with Crippen molar-refractivity contribution in [2.24, 2.45) is 5.73 Å². The fourth-order valence-electron chi connectivity index (χ4n) is 1.48. The Morgan fingerprint density at radius 3 is 3.08 bits per heavy atom. The molecule has 13 heavy (non-hydrogen) atoms. The molecule has 1 aromatic rings. The van der Waals surface area contributed by atoms with Crippen molar-refractivity contribution in [2.75, 3.05) is 5.75 Å². The molecule has 0 bridgehead atoms. The standard InChI is InChI=1S/C9H9ClFNS/c10-9-6-3-13-4-8(12)5(6)1-2-7(9)11/h1-2,8H,3-4,12H2. The summed E-state index contributed by atoms with van der Waals surface area (Å²) >= 11 is 7.53. The lowest BCUT2D eigenvalue weighted by Crippen LogP contribution is -2.19. The normalized spacial score (nSPS) is 21.3. The summed E-state index contributed by atoms with van der Waals surface area (Å²) in [5.41, 5.74) is 7.72. The van der Waals surface area contributed by atoms with Crippen LogP contribution in [0.4, 0.5) is 4.39 Å². The van der Waals surface area contributed by atoms with Crippen molar-refractivity contribution in [1.29, 1.82) is 0 Å². The van der Waals surface area contributed by atoms with Gasteiger partial charge >= 0.3 is 0 Å². The van der Waals surface area contributed by atoms with Gasteiger partial charge in [-0.25, -0.2) is 4.39 Å². The molecule has 1 heterocycles. The van der Waals surface area contributed by atoms with Crippen molar-refractivity contribution >= 4 is 23.4 Å². The summed E-state index contributed by atoms with van der Waals surface area (Å²) < 4.78 is 13.1. The molecule has 0 saturated heterocycles. The van der Waals surface area contributed by atoms with E-state index < -0.39 is 0 Å². The van der Waals surface area contributed by atoms with Gasteiger partial charge in [-0.1, -0.05) is 17.7 Å². The minimum absolute atomic E-state index is 0.00755. The molecule has 1 aliphatic heterocycles. The van der Waals surface area contributed by atoms with Crippen LogP contribution in [0.25, 0.3) is 0 Å². The van der Waals surface area contributed by atoms with Gasteiger partial charge in [0.05, 0.1) is 5.02 Å². The molecule has 0 fully saturated rings. The molecular formula is C9H9ClFNS. The lowest BCUT2D eigenvalue weighted by molar-refractivity contribution is 0.624. The van der Waals surface area contributed by atoms with E-state index in [4.69, 9.17) is 17.3 Å². The van der Waals surface area contributed by atoms with E-state index in [1.807, 2.05) is 0 Å². The van der Waals surface area contributed by atoms with Gasteiger partial charge in [-0.2, -0.15) is 11.8 Å². The molecule has 1 unspecified atom stereocenters. The molecule has 2 rings (SSSR count). The van der Waals surface area contributed by atoms with Gasteiger partial charge in [0.15, 0.2) is 0 Å². The average molecular weight is 218 g/mol. The first kappa shape index (κ1) is 9.31. The van der Waals surface area contributed by atoms with Crippen LogP contribution in [0.1, 0.15) is 17.2 Å². The number of fused-ring (bicyclic) bond motifs is 1. The summed E-state index contributed by atoms with van der Waals surface area (Å²) in [6.07, 6.45) is 0. The molecule has 0 spiro atoms. The summed E-state index contributed by atoms with van der Waals surface area (Å²) in [5, 5.41) is 0.236. The summed E-state index contributed by atoms with van der Waals surface area (Å²) in [4.78, 5) is 0. The number of thioether (sulfide) groups is 1. The van der Waals surface area contributed by atoms with Gasteiger partial charge < -0.3 is 5.73 Å². The molecule has 70 valence electrons. The van der Waals surface area contributed by atoms with Crippen LogP contribution < -0.4 is 5.73 Å². The van der Waals surface area contributed by atoms with E-state index in [1.165, 1.54) is 6.07 Å². The number of rotatable bonds is 0. The van der Waals surface area contributed by atoms with Crippen molar-refractivity contribution < 1.29 is 4.39 Å². The zero-order valence-electron chi connectivity index (χ0n) is 6.89. The lowest BCUT2D eigenvalue weighted by Gasteiger charge is -2.22. The van der Waals surface area contributed by atoms with Crippen molar-refractivity contribution in [3.63, 3.8) is 0 Å². The van der Waals surface area contributed by atoms with Crippen LogP contribution in [0.5, 0.6) is 0 Å². The van der Waals surface area contributed by atoms with Gasteiger partial charge in [0, 0.05) is 17.5 Å². The molecule has 0 radical (unpaired) electrons. The highest BCUT2D eigenvalue weighted by Crippen LogP contribution is 2.35. The fraction of sp³-hybridized carbons (Fsp3) is 0.333. The number of hydrogen-bond acceptors (Lipinski definition) is 2. The third kappa shape index (κ3) is 1.56. The molecule has 0 amide bonds. The minimum Gasteiger partial charge on any atom is -0.323 e. The lowest BCUT2D eigenvalue weighted by atomic mass is 10.0. The highest BCUT2D eigenvalue weighted by Gasteiger charge is 2.20. The van der Waals surface area contributed by atoms with Crippen LogP contribution >= 0.6 is 23.4 Å². The van der Waals surface area contributed by atoms with Crippen LogP contribution in [0.2, 0.25) is 5.02 Å². The van der Waals surface area contributed by atoms with Crippen LogP contribution in [-0.2, 0) is 5.75 Å². The van der Waals surface area contributed by atoms with Crippen LogP contribution in [0.15, 0.2) is 12.1 Å². The first-order valence-corrected chi connectivity index (χ1v) is 5.53. The number of halogens is 2. The number of nitrogens with two attached hydrogens (primary N) is 1. The van der Waals surface area contributed by atoms with Crippen LogP contribution in [0, 0.1) is 5.82 Å². The number of hydrogen-bond donors (Lipinski definition) is 1. The van der Waals surface area contributed by atoms with Crippen molar-refractivity contribution in [1.82, 2.24) is 0 Å². The van der Waals surface area contributed by atoms with Gasteiger partial charge in [0.25, 0.3) is 0 Å². The Morgan fingerprint density at radius 1 is 1.54 bits per heavy atom. The van der Waals surface area contributed by atoms with Gasteiger partial charge in [0.2, 0.25) is 0 Å². The van der Waals surface area contributed by atoms with Crippen LogP contribution in [0.3, 0.4) is 0 Å². The maximum atomic E-state index is 13.1. The molecule has 0 aliphatic carbocycles. The highest BCUT2D eigenvalue weighted by atomic mass is 35.5.